The van der Waals surface area contributed by atoms with E-state index in [9.17, 15) is 14.7 Å². The normalized spacial score (nSPS) is 18.9. The molecular weight excluding hydrogens is 412 g/mol. The number of carbonyl (C=O) groups is 2. The van der Waals surface area contributed by atoms with Crippen molar-refractivity contribution in [3.8, 4) is 0 Å². The summed E-state index contributed by atoms with van der Waals surface area (Å²) in [6.45, 7) is 5.54. The standard InChI is InChI=1S/C25H29ClN2O3/c1-17(2)15-22(28-16-18-5-3-4-6-21(18)23(28)29)24(30)27-13-11-25(31,12-14-27)19-7-9-20(26)10-8-19/h3-10,17,22,31H,11-16H2,1-2H3/t22-/m0/s1. The molecule has 5 nitrogen and oxygen atoms in total. The lowest BCUT2D eigenvalue weighted by atomic mass is 9.84. The van der Waals surface area contributed by atoms with Crippen molar-refractivity contribution in [3.05, 3.63) is 70.2 Å². The highest BCUT2D eigenvalue weighted by Gasteiger charge is 2.41. The van der Waals surface area contributed by atoms with E-state index in [0.29, 0.717) is 49.5 Å². The Kier molecular flexibility index (Phi) is 6.09. The SMILES string of the molecule is CC(C)C[C@@H](C(=O)N1CCC(O)(c2ccc(Cl)cc2)CC1)N1Cc2ccccc2C1=O. The molecule has 0 saturated carbocycles. The number of nitrogens with zero attached hydrogens (tertiary/aromatic N) is 2. The highest BCUT2D eigenvalue weighted by Crippen LogP contribution is 2.35. The van der Waals surface area contributed by atoms with Gasteiger partial charge in [-0.15, -0.1) is 0 Å². The molecule has 0 aliphatic carbocycles. The van der Waals surface area contributed by atoms with Gasteiger partial charge in [-0.3, -0.25) is 9.59 Å². The number of carbonyl (C=O) groups excluding carboxylic acids is 2. The molecular formula is C25H29ClN2O3. The van der Waals surface area contributed by atoms with Gasteiger partial charge in [-0.1, -0.05) is 55.8 Å². The fourth-order valence-electron chi connectivity index (χ4n) is 4.69. The fraction of sp³-hybridized carbons (Fsp3) is 0.440. The Balaban J connectivity index is 1.49. The molecule has 2 aromatic rings. The summed E-state index contributed by atoms with van der Waals surface area (Å²) in [5.74, 6) is 0.193. The number of rotatable bonds is 5. The summed E-state index contributed by atoms with van der Waals surface area (Å²) in [5, 5.41) is 11.8. The van der Waals surface area contributed by atoms with Gasteiger partial charge in [0, 0.05) is 30.2 Å². The lowest BCUT2D eigenvalue weighted by molar-refractivity contribution is -0.141. The Morgan fingerprint density at radius 3 is 2.35 bits per heavy atom. The quantitative estimate of drug-likeness (QED) is 0.757. The minimum Gasteiger partial charge on any atom is -0.385 e. The number of hydrogen-bond donors (Lipinski definition) is 1. The Morgan fingerprint density at radius 2 is 1.74 bits per heavy atom. The molecule has 2 aliphatic rings. The van der Waals surface area contributed by atoms with Crippen LogP contribution in [0.15, 0.2) is 48.5 Å². The summed E-state index contributed by atoms with van der Waals surface area (Å²) in [5.41, 5.74) is 1.53. The largest absolute Gasteiger partial charge is 0.385 e. The van der Waals surface area contributed by atoms with Crippen molar-refractivity contribution in [1.29, 1.82) is 0 Å². The Bertz CT molecular complexity index is 965. The summed E-state index contributed by atoms with van der Waals surface area (Å²) < 4.78 is 0. The first kappa shape index (κ1) is 21.8. The molecule has 2 heterocycles. The van der Waals surface area contributed by atoms with Crippen LogP contribution >= 0.6 is 11.6 Å². The zero-order valence-electron chi connectivity index (χ0n) is 18.1. The molecule has 0 unspecified atom stereocenters. The average Bonchev–Trinajstić information content (AvgIpc) is 3.09. The second-order valence-corrected chi connectivity index (χ2v) is 9.54. The average molecular weight is 441 g/mol. The molecule has 1 fully saturated rings. The predicted octanol–water partition coefficient (Wildman–Crippen LogP) is 4.22. The second-order valence-electron chi connectivity index (χ2n) is 9.10. The highest BCUT2D eigenvalue weighted by atomic mass is 35.5. The van der Waals surface area contributed by atoms with Crippen LogP contribution in [0, 0.1) is 5.92 Å². The van der Waals surface area contributed by atoms with Gasteiger partial charge < -0.3 is 14.9 Å². The van der Waals surface area contributed by atoms with E-state index in [4.69, 9.17) is 11.6 Å². The first-order chi connectivity index (χ1) is 14.8. The van der Waals surface area contributed by atoms with E-state index < -0.39 is 11.6 Å². The van der Waals surface area contributed by atoms with Crippen LogP contribution in [0.1, 0.15) is 54.6 Å². The summed E-state index contributed by atoms with van der Waals surface area (Å²) >= 11 is 5.98. The van der Waals surface area contributed by atoms with Gasteiger partial charge in [0.2, 0.25) is 5.91 Å². The van der Waals surface area contributed by atoms with Gasteiger partial charge in [-0.05, 0) is 54.5 Å². The molecule has 0 aromatic heterocycles. The molecule has 0 bridgehead atoms. The minimum atomic E-state index is -0.964. The highest BCUT2D eigenvalue weighted by molar-refractivity contribution is 6.30. The van der Waals surface area contributed by atoms with Crippen LogP contribution in [-0.2, 0) is 16.9 Å². The van der Waals surface area contributed by atoms with E-state index in [2.05, 4.69) is 13.8 Å². The molecule has 1 atom stereocenters. The van der Waals surface area contributed by atoms with Gasteiger partial charge in [0.1, 0.15) is 6.04 Å². The number of amides is 2. The smallest absolute Gasteiger partial charge is 0.255 e. The summed E-state index contributed by atoms with van der Waals surface area (Å²) in [4.78, 5) is 30.1. The molecule has 1 N–H and O–H groups in total. The molecule has 0 spiro atoms. The van der Waals surface area contributed by atoms with E-state index in [0.717, 1.165) is 11.1 Å². The number of aliphatic hydroxyl groups is 1. The van der Waals surface area contributed by atoms with E-state index in [-0.39, 0.29) is 17.7 Å². The zero-order chi connectivity index (χ0) is 22.2. The van der Waals surface area contributed by atoms with E-state index in [1.165, 1.54) is 0 Å². The van der Waals surface area contributed by atoms with Gasteiger partial charge in [0.25, 0.3) is 5.91 Å². The molecule has 2 amide bonds. The van der Waals surface area contributed by atoms with Crippen LogP contribution in [0.4, 0.5) is 0 Å². The summed E-state index contributed by atoms with van der Waals surface area (Å²) in [6.07, 6.45) is 1.54. The van der Waals surface area contributed by atoms with E-state index in [1.807, 2.05) is 41.3 Å². The molecule has 4 rings (SSSR count). The Morgan fingerprint density at radius 1 is 1.10 bits per heavy atom. The number of piperidine rings is 1. The molecule has 1 saturated heterocycles. The van der Waals surface area contributed by atoms with Gasteiger partial charge in [-0.2, -0.15) is 0 Å². The maximum Gasteiger partial charge on any atom is 0.255 e. The van der Waals surface area contributed by atoms with Gasteiger partial charge in [0.15, 0.2) is 0 Å². The van der Waals surface area contributed by atoms with Crippen molar-refractivity contribution in [2.24, 2.45) is 5.92 Å². The number of halogens is 1. The first-order valence-electron chi connectivity index (χ1n) is 10.9. The molecule has 6 heteroatoms. The summed E-state index contributed by atoms with van der Waals surface area (Å²) in [6, 6.07) is 14.4. The zero-order valence-corrected chi connectivity index (χ0v) is 18.8. The molecule has 0 radical (unpaired) electrons. The topological polar surface area (TPSA) is 60.9 Å². The predicted molar refractivity (Wildman–Crippen MR) is 121 cm³/mol. The second kappa shape index (κ2) is 8.64. The monoisotopic (exact) mass is 440 g/mol. The van der Waals surface area contributed by atoms with E-state index in [1.54, 1.807) is 17.0 Å². The Hall–Kier alpha value is -2.37. The van der Waals surface area contributed by atoms with Gasteiger partial charge in [-0.25, -0.2) is 0 Å². The summed E-state index contributed by atoms with van der Waals surface area (Å²) in [7, 11) is 0. The maximum atomic E-state index is 13.5. The maximum absolute atomic E-state index is 13.5. The lowest BCUT2D eigenvalue weighted by Crippen LogP contribution is -2.53. The molecule has 164 valence electrons. The van der Waals surface area contributed by atoms with Crippen molar-refractivity contribution in [3.63, 3.8) is 0 Å². The number of benzene rings is 2. The first-order valence-corrected chi connectivity index (χ1v) is 11.3. The number of likely N-dealkylation sites (tertiary alicyclic amines) is 1. The minimum absolute atomic E-state index is 0.0204. The van der Waals surface area contributed by atoms with Crippen LogP contribution < -0.4 is 0 Å². The van der Waals surface area contributed by atoms with Crippen LogP contribution in [0.3, 0.4) is 0 Å². The number of hydrogen-bond acceptors (Lipinski definition) is 3. The third-order valence-corrected chi connectivity index (χ3v) is 6.74. The molecule has 2 aromatic carbocycles. The van der Waals surface area contributed by atoms with Crippen molar-refractivity contribution < 1.29 is 14.7 Å². The van der Waals surface area contributed by atoms with Crippen molar-refractivity contribution >= 4 is 23.4 Å². The fourth-order valence-corrected chi connectivity index (χ4v) is 4.82. The van der Waals surface area contributed by atoms with Gasteiger partial charge >= 0.3 is 0 Å². The third kappa shape index (κ3) is 4.35. The number of fused-ring (bicyclic) bond motifs is 1. The van der Waals surface area contributed by atoms with Crippen molar-refractivity contribution in [1.82, 2.24) is 9.80 Å². The van der Waals surface area contributed by atoms with Crippen LogP contribution in [-0.4, -0.2) is 45.9 Å². The molecule has 31 heavy (non-hydrogen) atoms. The third-order valence-electron chi connectivity index (χ3n) is 6.49. The van der Waals surface area contributed by atoms with Crippen molar-refractivity contribution in [2.45, 2.75) is 51.3 Å². The lowest BCUT2D eigenvalue weighted by Gasteiger charge is -2.41. The van der Waals surface area contributed by atoms with Crippen LogP contribution in [0.2, 0.25) is 5.02 Å². The van der Waals surface area contributed by atoms with Crippen molar-refractivity contribution in [2.75, 3.05) is 13.1 Å². The van der Waals surface area contributed by atoms with E-state index >= 15 is 0 Å². The Labute approximate surface area is 188 Å². The van der Waals surface area contributed by atoms with Crippen LogP contribution in [0.25, 0.3) is 0 Å². The molecule has 2 aliphatic heterocycles. The van der Waals surface area contributed by atoms with Crippen LogP contribution in [0.5, 0.6) is 0 Å². The van der Waals surface area contributed by atoms with Gasteiger partial charge in [0.05, 0.1) is 5.60 Å².